The molecule has 2 rings (SSSR count). The Morgan fingerprint density at radius 3 is 2.74 bits per heavy atom. The van der Waals surface area contributed by atoms with Gasteiger partial charge in [-0.05, 0) is 26.2 Å². The monoisotopic (exact) mass is 276 g/mol. The second-order valence-corrected chi connectivity index (χ2v) is 4.91. The summed E-state index contributed by atoms with van der Waals surface area (Å²) in [6.07, 6.45) is -2.72. The van der Waals surface area contributed by atoms with Gasteiger partial charge >= 0.3 is 6.18 Å². The number of rotatable bonds is 1. The first-order valence-electron chi connectivity index (χ1n) is 6.09. The molecule has 1 aromatic rings. The molecule has 1 saturated carbocycles. The minimum atomic E-state index is -4.37. The second kappa shape index (κ2) is 4.96. The first-order chi connectivity index (χ1) is 8.80. The van der Waals surface area contributed by atoms with Gasteiger partial charge in [0.15, 0.2) is 0 Å². The maximum atomic E-state index is 13.0. The van der Waals surface area contributed by atoms with Crippen molar-refractivity contribution in [3.05, 3.63) is 28.4 Å². The number of hydrogen-bond donors (Lipinski definition) is 1. The Morgan fingerprint density at radius 1 is 1.42 bits per heavy atom. The highest BCUT2D eigenvalue weighted by molar-refractivity contribution is 4.99. The highest BCUT2D eigenvalue weighted by Crippen LogP contribution is 2.43. The normalized spacial score (nSPS) is 28.4. The lowest BCUT2D eigenvalue weighted by Gasteiger charge is -2.36. The summed E-state index contributed by atoms with van der Waals surface area (Å²) in [5, 5.41) is 9.59. The zero-order valence-electron chi connectivity index (χ0n) is 10.4. The molecule has 7 heteroatoms. The van der Waals surface area contributed by atoms with Gasteiger partial charge in [-0.15, -0.1) is 0 Å². The number of aliphatic hydroxyl groups is 1. The molecule has 106 valence electrons. The molecule has 0 aromatic carbocycles. The van der Waals surface area contributed by atoms with Crippen molar-refractivity contribution in [3.63, 3.8) is 0 Å². The van der Waals surface area contributed by atoms with Crippen LogP contribution < -0.4 is 5.56 Å². The van der Waals surface area contributed by atoms with Gasteiger partial charge in [-0.3, -0.25) is 9.78 Å². The summed E-state index contributed by atoms with van der Waals surface area (Å²) in [7, 11) is 0. The summed E-state index contributed by atoms with van der Waals surface area (Å²) >= 11 is 0. The number of aromatic nitrogens is 2. The molecular formula is C12H15F3N2O2. The standard InChI is InChI=1S/C12H15F3N2O2/c1-7-11(19)17(5-4-16-7)10-6-8(18)2-3-9(10)12(13,14)15/h4-5,8-10,18H,2-3,6H2,1H3. The molecule has 0 aliphatic heterocycles. The molecule has 3 atom stereocenters. The molecular weight excluding hydrogens is 261 g/mol. The van der Waals surface area contributed by atoms with Crippen LogP contribution in [-0.2, 0) is 0 Å². The van der Waals surface area contributed by atoms with Crippen LogP contribution in [0.25, 0.3) is 0 Å². The minimum absolute atomic E-state index is 0.0620. The summed E-state index contributed by atoms with van der Waals surface area (Å²) < 4.78 is 40.1. The van der Waals surface area contributed by atoms with E-state index in [9.17, 15) is 23.1 Å². The third kappa shape index (κ3) is 2.80. The fourth-order valence-corrected chi connectivity index (χ4v) is 2.60. The summed E-state index contributed by atoms with van der Waals surface area (Å²) in [6.45, 7) is 1.46. The van der Waals surface area contributed by atoms with E-state index in [1.54, 1.807) is 0 Å². The molecule has 1 aliphatic rings. The highest BCUT2D eigenvalue weighted by atomic mass is 19.4. The first-order valence-corrected chi connectivity index (χ1v) is 6.09. The van der Waals surface area contributed by atoms with Crippen LogP contribution in [0.5, 0.6) is 0 Å². The van der Waals surface area contributed by atoms with E-state index in [4.69, 9.17) is 0 Å². The zero-order valence-corrected chi connectivity index (χ0v) is 10.4. The average Bonchev–Trinajstić information content (AvgIpc) is 2.31. The molecule has 0 amide bonds. The molecule has 1 N–H and O–H groups in total. The number of alkyl halides is 3. The Bertz CT molecular complexity index is 512. The smallest absolute Gasteiger partial charge is 0.393 e. The average molecular weight is 276 g/mol. The van der Waals surface area contributed by atoms with Crippen LogP contribution in [0.15, 0.2) is 17.2 Å². The topological polar surface area (TPSA) is 55.1 Å². The Hall–Kier alpha value is -1.37. The van der Waals surface area contributed by atoms with E-state index in [2.05, 4.69) is 4.98 Å². The molecule has 0 bridgehead atoms. The number of aliphatic hydroxyl groups excluding tert-OH is 1. The van der Waals surface area contributed by atoms with E-state index < -0.39 is 29.8 Å². The van der Waals surface area contributed by atoms with Gasteiger partial charge in [0, 0.05) is 12.4 Å². The summed E-state index contributed by atoms with van der Waals surface area (Å²) in [4.78, 5) is 15.7. The predicted molar refractivity (Wildman–Crippen MR) is 61.7 cm³/mol. The van der Waals surface area contributed by atoms with E-state index in [0.29, 0.717) is 0 Å². The number of aryl methyl sites for hydroxylation is 1. The first kappa shape index (κ1) is 14.0. The molecule has 1 aromatic heterocycles. The molecule has 1 fully saturated rings. The molecule has 1 aliphatic carbocycles. The van der Waals surface area contributed by atoms with Crippen LogP contribution in [0.3, 0.4) is 0 Å². The van der Waals surface area contributed by atoms with Crippen molar-refractivity contribution < 1.29 is 18.3 Å². The zero-order chi connectivity index (χ0) is 14.2. The van der Waals surface area contributed by atoms with Crippen molar-refractivity contribution in [3.8, 4) is 0 Å². The van der Waals surface area contributed by atoms with Crippen molar-refractivity contribution in [1.82, 2.24) is 9.55 Å². The van der Waals surface area contributed by atoms with Crippen molar-refractivity contribution in [2.75, 3.05) is 0 Å². The molecule has 0 spiro atoms. The Balaban J connectivity index is 2.43. The molecule has 3 unspecified atom stereocenters. The quantitative estimate of drug-likeness (QED) is 0.851. The largest absolute Gasteiger partial charge is 0.393 e. The fraction of sp³-hybridized carbons (Fsp3) is 0.667. The summed E-state index contributed by atoms with van der Waals surface area (Å²) in [6, 6.07) is -1.06. The van der Waals surface area contributed by atoms with Gasteiger partial charge in [0.25, 0.3) is 5.56 Å². The van der Waals surface area contributed by atoms with E-state index in [1.165, 1.54) is 19.3 Å². The SMILES string of the molecule is Cc1nccn(C2CC(O)CCC2C(F)(F)F)c1=O. The van der Waals surface area contributed by atoms with Crippen LogP contribution in [0.1, 0.15) is 31.0 Å². The maximum absolute atomic E-state index is 13.0. The van der Waals surface area contributed by atoms with Gasteiger partial charge < -0.3 is 9.67 Å². The van der Waals surface area contributed by atoms with Crippen molar-refractivity contribution in [1.29, 1.82) is 0 Å². The van der Waals surface area contributed by atoms with E-state index in [1.807, 2.05) is 0 Å². The lowest BCUT2D eigenvalue weighted by molar-refractivity contribution is -0.199. The molecule has 19 heavy (non-hydrogen) atoms. The highest BCUT2D eigenvalue weighted by Gasteiger charge is 2.48. The molecule has 0 radical (unpaired) electrons. The predicted octanol–water partition coefficient (Wildman–Crippen LogP) is 1.82. The maximum Gasteiger partial charge on any atom is 0.393 e. The third-order valence-corrected chi connectivity index (χ3v) is 3.61. The van der Waals surface area contributed by atoms with Gasteiger partial charge in [-0.2, -0.15) is 13.2 Å². The fourth-order valence-electron chi connectivity index (χ4n) is 2.60. The second-order valence-electron chi connectivity index (χ2n) is 4.91. The molecule has 1 heterocycles. The van der Waals surface area contributed by atoms with Crippen LogP contribution in [0.2, 0.25) is 0 Å². The number of halogens is 3. The Morgan fingerprint density at radius 2 is 2.11 bits per heavy atom. The van der Waals surface area contributed by atoms with Gasteiger partial charge in [-0.1, -0.05) is 0 Å². The summed E-state index contributed by atoms with van der Waals surface area (Å²) in [5.74, 6) is -1.60. The Kier molecular flexibility index (Phi) is 3.66. The minimum Gasteiger partial charge on any atom is -0.393 e. The Labute approximate surface area is 107 Å². The van der Waals surface area contributed by atoms with Gasteiger partial charge in [0.2, 0.25) is 0 Å². The van der Waals surface area contributed by atoms with Crippen molar-refractivity contribution in [2.24, 2.45) is 5.92 Å². The van der Waals surface area contributed by atoms with Crippen LogP contribution in [0.4, 0.5) is 13.2 Å². The van der Waals surface area contributed by atoms with E-state index in [0.717, 1.165) is 4.57 Å². The summed E-state index contributed by atoms with van der Waals surface area (Å²) in [5.41, 5.74) is -0.376. The van der Waals surface area contributed by atoms with Gasteiger partial charge in [-0.25, -0.2) is 0 Å². The van der Waals surface area contributed by atoms with Crippen molar-refractivity contribution in [2.45, 2.75) is 44.5 Å². The lowest BCUT2D eigenvalue weighted by Crippen LogP contribution is -2.42. The number of nitrogens with zero attached hydrogens (tertiary/aromatic N) is 2. The third-order valence-electron chi connectivity index (χ3n) is 3.61. The van der Waals surface area contributed by atoms with E-state index in [-0.39, 0.29) is 25.0 Å². The lowest BCUT2D eigenvalue weighted by atomic mass is 9.82. The van der Waals surface area contributed by atoms with E-state index >= 15 is 0 Å². The van der Waals surface area contributed by atoms with Crippen LogP contribution in [0, 0.1) is 12.8 Å². The molecule has 0 saturated heterocycles. The number of hydrogen-bond acceptors (Lipinski definition) is 3. The van der Waals surface area contributed by atoms with Gasteiger partial charge in [0.1, 0.15) is 5.69 Å². The van der Waals surface area contributed by atoms with Crippen LogP contribution in [-0.4, -0.2) is 26.9 Å². The van der Waals surface area contributed by atoms with Gasteiger partial charge in [0.05, 0.1) is 18.1 Å². The molecule has 4 nitrogen and oxygen atoms in total. The van der Waals surface area contributed by atoms with Crippen molar-refractivity contribution >= 4 is 0 Å². The van der Waals surface area contributed by atoms with Crippen LogP contribution >= 0.6 is 0 Å².